The smallest absolute Gasteiger partial charge is 0.325 e. The van der Waals surface area contributed by atoms with Gasteiger partial charge in [0, 0.05) is 6.42 Å². The van der Waals surface area contributed by atoms with E-state index in [1.54, 1.807) is 13.8 Å². The van der Waals surface area contributed by atoms with Crippen LogP contribution in [0.3, 0.4) is 0 Å². The predicted molar refractivity (Wildman–Crippen MR) is 82.6 cm³/mol. The Balaban J connectivity index is 4.01. The van der Waals surface area contributed by atoms with Crippen molar-refractivity contribution in [3.8, 4) is 0 Å². The topological polar surface area (TPSA) is 61.5 Å². The number of nitrogens with two attached hydrogens (primary N) is 1. The van der Waals surface area contributed by atoms with Gasteiger partial charge in [0.1, 0.15) is 5.54 Å². The van der Waals surface area contributed by atoms with Gasteiger partial charge < -0.3 is 15.2 Å². The molecule has 0 rings (SSSR count). The lowest BCUT2D eigenvalue weighted by Crippen LogP contribution is -2.48. The molecule has 20 heavy (non-hydrogen) atoms. The first-order valence-corrected chi connectivity index (χ1v) is 7.95. The molecule has 0 saturated carbocycles. The van der Waals surface area contributed by atoms with Gasteiger partial charge in [-0.25, -0.2) is 0 Å². The lowest BCUT2D eigenvalue weighted by atomic mass is 9.96. The van der Waals surface area contributed by atoms with Crippen LogP contribution in [0.2, 0.25) is 0 Å². The standard InChI is InChI=1S/C16H33NO3/c1-6-8-9-10-11-13(3)20-14(4)12-16(5,17)15(18)19-7-2/h13-14H,6-12,17H2,1-5H3. The van der Waals surface area contributed by atoms with E-state index in [1.165, 1.54) is 25.7 Å². The highest BCUT2D eigenvalue weighted by Crippen LogP contribution is 2.17. The summed E-state index contributed by atoms with van der Waals surface area (Å²) in [6, 6.07) is 0. The molecule has 3 atom stereocenters. The van der Waals surface area contributed by atoms with E-state index in [4.69, 9.17) is 15.2 Å². The predicted octanol–water partition coefficient (Wildman–Crippen LogP) is 3.42. The number of carbonyl (C=O) groups is 1. The molecule has 0 aromatic heterocycles. The van der Waals surface area contributed by atoms with Gasteiger partial charge in [0.15, 0.2) is 0 Å². The lowest BCUT2D eigenvalue weighted by Gasteiger charge is -2.27. The Labute approximate surface area is 124 Å². The van der Waals surface area contributed by atoms with Gasteiger partial charge in [-0.1, -0.05) is 32.6 Å². The van der Waals surface area contributed by atoms with Gasteiger partial charge in [0.05, 0.1) is 18.8 Å². The summed E-state index contributed by atoms with van der Waals surface area (Å²) in [4.78, 5) is 11.7. The van der Waals surface area contributed by atoms with Crippen LogP contribution < -0.4 is 5.73 Å². The van der Waals surface area contributed by atoms with Gasteiger partial charge in [0.25, 0.3) is 0 Å². The van der Waals surface area contributed by atoms with Crippen molar-refractivity contribution in [2.75, 3.05) is 6.61 Å². The van der Waals surface area contributed by atoms with Crippen molar-refractivity contribution in [2.24, 2.45) is 5.73 Å². The van der Waals surface area contributed by atoms with Crippen molar-refractivity contribution in [1.82, 2.24) is 0 Å². The van der Waals surface area contributed by atoms with Crippen LogP contribution in [-0.4, -0.2) is 30.3 Å². The minimum absolute atomic E-state index is 0.0458. The SMILES string of the molecule is CCCCCCC(C)OC(C)CC(C)(N)C(=O)OCC. The molecule has 3 unspecified atom stereocenters. The molecule has 0 fully saturated rings. The number of unbranched alkanes of at least 4 members (excludes halogenated alkanes) is 3. The summed E-state index contributed by atoms with van der Waals surface area (Å²) in [5.74, 6) is -0.356. The summed E-state index contributed by atoms with van der Waals surface area (Å²) >= 11 is 0. The van der Waals surface area contributed by atoms with Crippen LogP contribution in [0.4, 0.5) is 0 Å². The first kappa shape index (κ1) is 19.4. The molecule has 0 aliphatic heterocycles. The maximum Gasteiger partial charge on any atom is 0.325 e. The molecule has 0 heterocycles. The third-order valence-corrected chi connectivity index (χ3v) is 3.38. The quantitative estimate of drug-likeness (QED) is 0.467. The second kappa shape index (κ2) is 10.2. The van der Waals surface area contributed by atoms with Gasteiger partial charge in [0.2, 0.25) is 0 Å². The highest BCUT2D eigenvalue weighted by Gasteiger charge is 2.32. The number of rotatable bonds is 11. The van der Waals surface area contributed by atoms with Crippen LogP contribution in [-0.2, 0) is 14.3 Å². The van der Waals surface area contributed by atoms with Crippen molar-refractivity contribution in [2.45, 2.75) is 90.9 Å². The Morgan fingerprint density at radius 1 is 1.15 bits per heavy atom. The van der Waals surface area contributed by atoms with Crippen molar-refractivity contribution in [3.63, 3.8) is 0 Å². The van der Waals surface area contributed by atoms with Gasteiger partial charge in [-0.15, -0.1) is 0 Å². The molecule has 0 aromatic rings. The molecule has 0 aliphatic carbocycles. The van der Waals surface area contributed by atoms with E-state index in [-0.39, 0.29) is 18.2 Å². The molecule has 0 spiro atoms. The van der Waals surface area contributed by atoms with Crippen LogP contribution >= 0.6 is 0 Å². The Morgan fingerprint density at radius 2 is 1.80 bits per heavy atom. The fraction of sp³-hybridized carbons (Fsp3) is 0.938. The fourth-order valence-electron chi connectivity index (χ4n) is 2.35. The zero-order chi connectivity index (χ0) is 15.6. The Hall–Kier alpha value is -0.610. The Bertz CT molecular complexity index is 266. The molecular formula is C16H33NO3. The summed E-state index contributed by atoms with van der Waals surface area (Å²) in [6.07, 6.45) is 6.68. The fourth-order valence-corrected chi connectivity index (χ4v) is 2.35. The molecule has 0 bridgehead atoms. The minimum atomic E-state index is -0.975. The molecule has 0 saturated heterocycles. The second-order valence-electron chi connectivity index (χ2n) is 5.95. The Morgan fingerprint density at radius 3 is 2.35 bits per heavy atom. The number of hydrogen-bond donors (Lipinski definition) is 1. The minimum Gasteiger partial charge on any atom is -0.465 e. The third-order valence-electron chi connectivity index (χ3n) is 3.38. The number of hydrogen-bond acceptors (Lipinski definition) is 4. The normalized spacial score (nSPS) is 17.3. The van der Waals surface area contributed by atoms with Gasteiger partial charge in [-0.3, -0.25) is 4.79 Å². The van der Waals surface area contributed by atoms with Gasteiger partial charge >= 0.3 is 5.97 Å². The maximum absolute atomic E-state index is 11.7. The van der Waals surface area contributed by atoms with E-state index in [0.717, 1.165) is 6.42 Å². The van der Waals surface area contributed by atoms with Crippen LogP contribution in [0.25, 0.3) is 0 Å². The summed E-state index contributed by atoms with van der Waals surface area (Å²) in [7, 11) is 0. The maximum atomic E-state index is 11.7. The molecule has 0 aliphatic rings. The highest BCUT2D eigenvalue weighted by molar-refractivity contribution is 5.80. The molecular weight excluding hydrogens is 254 g/mol. The summed E-state index contributed by atoms with van der Waals surface area (Å²) in [6.45, 7) is 10.1. The molecule has 4 nitrogen and oxygen atoms in total. The van der Waals surface area contributed by atoms with E-state index < -0.39 is 5.54 Å². The summed E-state index contributed by atoms with van der Waals surface area (Å²) < 4.78 is 10.9. The monoisotopic (exact) mass is 287 g/mol. The average molecular weight is 287 g/mol. The number of carbonyl (C=O) groups excluding carboxylic acids is 1. The van der Waals surface area contributed by atoms with Crippen LogP contribution in [0.15, 0.2) is 0 Å². The highest BCUT2D eigenvalue weighted by atomic mass is 16.5. The van der Waals surface area contributed by atoms with E-state index >= 15 is 0 Å². The summed E-state index contributed by atoms with van der Waals surface area (Å²) in [5.41, 5.74) is 5.03. The van der Waals surface area contributed by atoms with Crippen molar-refractivity contribution in [1.29, 1.82) is 0 Å². The number of ether oxygens (including phenoxy) is 2. The second-order valence-corrected chi connectivity index (χ2v) is 5.95. The van der Waals surface area contributed by atoms with E-state index in [2.05, 4.69) is 13.8 Å². The third kappa shape index (κ3) is 8.54. The van der Waals surface area contributed by atoms with Crippen molar-refractivity contribution >= 4 is 5.97 Å². The summed E-state index contributed by atoms with van der Waals surface area (Å²) in [5, 5.41) is 0. The first-order valence-electron chi connectivity index (χ1n) is 7.95. The van der Waals surface area contributed by atoms with E-state index in [0.29, 0.717) is 13.0 Å². The van der Waals surface area contributed by atoms with Crippen LogP contribution in [0, 0.1) is 0 Å². The van der Waals surface area contributed by atoms with E-state index in [9.17, 15) is 4.79 Å². The van der Waals surface area contributed by atoms with Gasteiger partial charge in [-0.2, -0.15) is 0 Å². The molecule has 120 valence electrons. The largest absolute Gasteiger partial charge is 0.465 e. The van der Waals surface area contributed by atoms with Gasteiger partial charge in [-0.05, 0) is 34.1 Å². The molecule has 2 N–H and O–H groups in total. The number of esters is 1. The van der Waals surface area contributed by atoms with Crippen molar-refractivity contribution < 1.29 is 14.3 Å². The van der Waals surface area contributed by atoms with E-state index in [1.807, 2.05) is 6.92 Å². The molecule has 0 amide bonds. The first-order chi connectivity index (χ1) is 9.33. The zero-order valence-corrected chi connectivity index (χ0v) is 13.9. The van der Waals surface area contributed by atoms with Crippen molar-refractivity contribution in [3.05, 3.63) is 0 Å². The lowest BCUT2D eigenvalue weighted by molar-refractivity contribution is -0.150. The molecule has 0 aromatic carbocycles. The average Bonchev–Trinajstić information content (AvgIpc) is 2.34. The molecule has 0 radical (unpaired) electrons. The van der Waals surface area contributed by atoms with Crippen LogP contribution in [0.1, 0.15) is 73.1 Å². The molecule has 4 heteroatoms. The Kier molecular flexibility index (Phi) is 9.86. The zero-order valence-electron chi connectivity index (χ0n) is 13.9. The van der Waals surface area contributed by atoms with Crippen LogP contribution in [0.5, 0.6) is 0 Å².